The summed E-state index contributed by atoms with van der Waals surface area (Å²) in [6.45, 7) is 7.97. The van der Waals surface area contributed by atoms with Gasteiger partial charge in [-0.2, -0.15) is 13.2 Å². The zero-order valence-electron chi connectivity index (χ0n) is 17.0. The molecule has 2 heterocycles. The van der Waals surface area contributed by atoms with Gasteiger partial charge in [0.25, 0.3) is 0 Å². The quantitative estimate of drug-likeness (QED) is 0.568. The number of halogens is 3. The van der Waals surface area contributed by atoms with E-state index in [0.29, 0.717) is 32.7 Å². The Hall–Kier alpha value is -1.06. The SMILES string of the molecule is CCNC(=NCC1(N(C)C)CCOCC1)N1CCN(C(C)C(F)(F)F)CC1. The first-order valence-corrected chi connectivity index (χ1v) is 9.79. The normalized spacial score (nSPS) is 23.6. The minimum atomic E-state index is -4.18. The van der Waals surface area contributed by atoms with Crippen LogP contribution >= 0.6 is 0 Å². The number of guanidine groups is 1. The van der Waals surface area contributed by atoms with Crippen LogP contribution < -0.4 is 5.32 Å². The number of likely N-dealkylation sites (N-methyl/N-ethyl adjacent to an activating group) is 1. The fourth-order valence-electron chi connectivity index (χ4n) is 3.67. The number of hydrogen-bond acceptors (Lipinski definition) is 4. The molecule has 27 heavy (non-hydrogen) atoms. The van der Waals surface area contributed by atoms with Crippen LogP contribution in [-0.4, -0.2) is 105 Å². The van der Waals surface area contributed by atoms with Crippen LogP contribution in [0, 0.1) is 0 Å². The van der Waals surface area contributed by atoms with Crippen molar-refractivity contribution in [3.05, 3.63) is 0 Å². The van der Waals surface area contributed by atoms with Gasteiger partial charge in [-0.25, -0.2) is 0 Å². The van der Waals surface area contributed by atoms with Crippen LogP contribution in [0.25, 0.3) is 0 Å². The highest BCUT2D eigenvalue weighted by molar-refractivity contribution is 5.80. The molecule has 2 fully saturated rings. The minimum Gasteiger partial charge on any atom is -0.381 e. The maximum Gasteiger partial charge on any atom is 0.403 e. The minimum absolute atomic E-state index is 0.0223. The summed E-state index contributed by atoms with van der Waals surface area (Å²) in [4.78, 5) is 10.7. The summed E-state index contributed by atoms with van der Waals surface area (Å²) < 4.78 is 44.4. The molecule has 0 spiro atoms. The average Bonchev–Trinajstić information content (AvgIpc) is 2.64. The van der Waals surface area contributed by atoms with E-state index in [-0.39, 0.29) is 5.54 Å². The summed E-state index contributed by atoms with van der Waals surface area (Å²) in [7, 11) is 4.15. The third kappa shape index (κ3) is 5.71. The highest BCUT2D eigenvalue weighted by Crippen LogP contribution is 2.27. The van der Waals surface area contributed by atoms with Gasteiger partial charge in [0.05, 0.1) is 6.54 Å². The second kappa shape index (κ2) is 9.43. The van der Waals surface area contributed by atoms with Crippen LogP contribution in [0.1, 0.15) is 26.7 Å². The standard InChI is InChI=1S/C18H34F3N5O/c1-5-22-16(23-14-17(24(3)4)6-12-27-13-7-17)26-10-8-25(9-11-26)15(2)18(19,20)21/h15H,5-14H2,1-4H3,(H,22,23). The van der Waals surface area contributed by atoms with E-state index in [1.165, 1.54) is 11.8 Å². The lowest BCUT2D eigenvalue weighted by atomic mass is 9.89. The van der Waals surface area contributed by atoms with Gasteiger partial charge in [-0.1, -0.05) is 0 Å². The van der Waals surface area contributed by atoms with Crippen LogP contribution in [0.4, 0.5) is 13.2 Å². The van der Waals surface area contributed by atoms with Gasteiger partial charge in [0.2, 0.25) is 0 Å². The van der Waals surface area contributed by atoms with E-state index in [9.17, 15) is 13.2 Å². The maximum absolute atomic E-state index is 12.9. The summed E-state index contributed by atoms with van der Waals surface area (Å²) >= 11 is 0. The van der Waals surface area contributed by atoms with Gasteiger partial charge in [-0.15, -0.1) is 0 Å². The Balaban J connectivity index is 2.01. The van der Waals surface area contributed by atoms with Crippen LogP contribution in [0.3, 0.4) is 0 Å². The fraction of sp³-hybridized carbons (Fsp3) is 0.944. The smallest absolute Gasteiger partial charge is 0.381 e. The van der Waals surface area contributed by atoms with Crippen molar-refractivity contribution in [3.8, 4) is 0 Å². The van der Waals surface area contributed by atoms with Crippen molar-refractivity contribution in [2.24, 2.45) is 4.99 Å². The molecule has 0 amide bonds. The van der Waals surface area contributed by atoms with E-state index in [4.69, 9.17) is 9.73 Å². The molecule has 0 aliphatic carbocycles. The molecule has 0 aromatic heterocycles. The van der Waals surface area contributed by atoms with Crippen LogP contribution in [0.15, 0.2) is 4.99 Å². The Labute approximate surface area is 160 Å². The molecular weight excluding hydrogens is 359 g/mol. The van der Waals surface area contributed by atoms with Crippen molar-refractivity contribution < 1.29 is 17.9 Å². The van der Waals surface area contributed by atoms with Gasteiger partial charge in [0.15, 0.2) is 5.96 Å². The molecule has 2 aliphatic heterocycles. The van der Waals surface area contributed by atoms with E-state index >= 15 is 0 Å². The molecule has 1 atom stereocenters. The number of nitrogens with one attached hydrogen (secondary N) is 1. The highest BCUT2D eigenvalue weighted by Gasteiger charge is 2.41. The molecule has 1 unspecified atom stereocenters. The summed E-state index contributed by atoms with van der Waals surface area (Å²) in [6, 6.07) is -1.40. The van der Waals surface area contributed by atoms with E-state index < -0.39 is 12.2 Å². The first kappa shape index (κ1) is 22.2. The number of aliphatic imine (C=N–C) groups is 1. The van der Waals surface area contributed by atoms with Crippen molar-refractivity contribution in [1.82, 2.24) is 20.0 Å². The summed E-state index contributed by atoms with van der Waals surface area (Å²) in [5.74, 6) is 0.796. The largest absolute Gasteiger partial charge is 0.403 e. The Morgan fingerprint density at radius 1 is 1.19 bits per heavy atom. The van der Waals surface area contributed by atoms with E-state index in [1.54, 1.807) is 0 Å². The molecule has 6 nitrogen and oxygen atoms in total. The van der Waals surface area contributed by atoms with Crippen LogP contribution in [0.2, 0.25) is 0 Å². The average molecular weight is 393 g/mol. The Morgan fingerprint density at radius 3 is 2.26 bits per heavy atom. The number of nitrogens with zero attached hydrogens (tertiary/aromatic N) is 4. The zero-order valence-corrected chi connectivity index (χ0v) is 17.0. The second-order valence-corrected chi connectivity index (χ2v) is 7.64. The van der Waals surface area contributed by atoms with Gasteiger partial charge in [0, 0.05) is 51.5 Å². The van der Waals surface area contributed by atoms with Crippen molar-refractivity contribution in [2.45, 2.75) is 44.4 Å². The molecular formula is C18H34F3N5O. The number of piperazine rings is 1. The Morgan fingerprint density at radius 2 is 1.78 bits per heavy atom. The van der Waals surface area contributed by atoms with E-state index in [0.717, 1.165) is 38.6 Å². The molecule has 0 saturated carbocycles. The Bertz CT molecular complexity index is 484. The molecule has 2 aliphatic rings. The first-order valence-electron chi connectivity index (χ1n) is 9.79. The van der Waals surface area contributed by atoms with Crippen molar-refractivity contribution in [3.63, 3.8) is 0 Å². The van der Waals surface area contributed by atoms with E-state index in [2.05, 4.69) is 29.2 Å². The second-order valence-electron chi connectivity index (χ2n) is 7.64. The summed E-state index contributed by atoms with van der Waals surface area (Å²) in [5.41, 5.74) is -0.0223. The summed E-state index contributed by atoms with van der Waals surface area (Å²) in [5, 5.41) is 3.31. The molecule has 1 N–H and O–H groups in total. The van der Waals surface area contributed by atoms with Crippen molar-refractivity contribution >= 4 is 5.96 Å². The predicted molar refractivity (Wildman–Crippen MR) is 101 cm³/mol. The molecule has 0 aromatic rings. The molecule has 9 heteroatoms. The molecule has 0 bridgehead atoms. The first-order chi connectivity index (χ1) is 12.7. The van der Waals surface area contributed by atoms with Gasteiger partial charge < -0.3 is 19.9 Å². The van der Waals surface area contributed by atoms with Gasteiger partial charge >= 0.3 is 6.18 Å². The maximum atomic E-state index is 12.9. The predicted octanol–water partition coefficient (Wildman–Crippen LogP) is 1.63. The Kier molecular flexibility index (Phi) is 7.76. The molecule has 0 radical (unpaired) electrons. The van der Waals surface area contributed by atoms with Gasteiger partial charge in [-0.05, 0) is 40.8 Å². The fourth-order valence-corrected chi connectivity index (χ4v) is 3.67. The number of hydrogen-bond donors (Lipinski definition) is 1. The summed E-state index contributed by atoms with van der Waals surface area (Å²) in [6.07, 6.45) is -2.32. The highest BCUT2D eigenvalue weighted by atomic mass is 19.4. The lowest BCUT2D eigenvalue weighted by Gasteiger charge is -2.43. The number of alkyl halides is 3. The lowest BCUT2D eigenvalue weighted by molar-refractivity contribution is -0.181. The topological polar surface area (TPSA) is 43.3 Å². The molecule has 2 rings (SSSR count). The zero-order chi connectivity index (χ0) is 20.1. The lowest BCUT2D eigenvalue weighted by Crippen LogP contribution is -2.57. The van der Waals surface area contributed by atoms with Crippen molar-refractivity contribution in [1.29, 1.82) is 0 Å². The molecule has 158 valence electrons. The monoisotopic (exact) mass is 393 g/mol. The van der Waals surface area contributed by atoms with Crippen molar-refractivity contribution in [2.75, 3.05) is 66.6 Å². The van der Waals surface area contributed by atoms with Gasteiger partial charge in [0.1, 0.15) is 6.04 Å². The molecule has 0 aromatic carbocycles. The third-order valence-corrected chi connectivity index (χ3v) is 5.87. The number of rotatable bonds is 5. The van der Waals surface area contributed by atoms with E-state index in [1.807, 2.05) is 6.92 Å². The van der Waals surface area contributed by atoms with Crippen LogP contribution in [0.5, 0.6) is 0 Å². The third-order valence-electron chi connectivity index (χ3n) is 5.87. The molecule has 2 saturated heterocycles. The van der Waals surface area contributed by atoms with Gasteiger partial charge in [-0.3, -0.25) is 9.89 Å². The number of ether oxygens (including phenoxy) is 1. The van der Waals surface area contributed by atoms with Crippen LogP contribution in [-0.2, 0) is 4.74 Å².